The first-order chi connectivity index (χ1) is 10.5. The number of rotatable bonds is 5. The second kappa shape index (κ2) is 7.11. The summed E-state index contributed by atoms with van der Waals surface area (Å²) in [5, 5.41) is 7.56. The first kappa shape index (κ1) is 16.1. The minimum Gasteiger partial charge on any atom is -0.370 e. The maximum Gasteiger partial charge on any atom is 0.193 e. The maximum absolute atomic E-state index is 5.92. The molecule has 2 rings (SSSR count). The van der Waals surface area contributed by atoms with Crippen LogP contribution in [0.25, 0.3) is 0 Å². The monoisotopic (exact) mass is 299 g/mol. The van der Waals surface area contributed by atoms with Gasteiger partial charge in [0.1, 0.15) is 0 Å². The van der Waals surface area contributed by atoms with Crippen molar-refractivity contribution >= 4 is 11.6 Å². The molecule has 1 heterocycles. The van der Waals surface area contributed by atoms with Crippen molar-refractivity contribution in [2.45, 2.75) is 40.7 Å². The number of anilines is 1. The summed E-state index contributed by atoms with van der Waals surface area (Å²) < 4.78 is 2.01. The van der Waals surface area contributed by atoms with E-state index in [1.165, 1.54) is 16.8 Å². The topological polar surface area (TPSA) is 68.2 Å². The molecule has 118 valence electrons. The highest BCUT2D eigenvalue weighted by Gasteiger charge is 2.00. The van der Waals surface area contributed by atoms with E-state index in [0.717, 1.165) is 24.3 Å². The average Bonchev–Trinajstić information content (AvgIpc) is 2.77. The zero-order chi connectivity index (χ0) is 16.1. The molecule has 0 spiro atoms. The molecule has 0 fully saturated rings. The van der Waals surface area contributed by atoms with Crippen molar-refractivity contribution in [1.29, 1.82) is 0 Å². The third kappa shape index (κ3) is 4.35. The molecular weight excluding hydrogens is 274 g/mol. The van der Waals surface area contributed by atoms with Crippen LogP contribution >= 0.6 is 0 Å². The van der Waals surface area contributed by atoms with Gasteiger partial charge in [0.15, 0.2) is 5.96 Å². The standard InChI is InChI=1S/C17H25N5/c1-12-6-7-16(10-13(12)2)20-17(18)19-8-5-9-22-15(4)11-14(3)21-22/h6-7,10-11H,5,8-9H2,1-4H3,(H3,18,19,20). The molecule has 0 unspecified atom stereocenters. The fourth-order valence-corrected chi connectivity index (χ4v) is 2.33. The Morgan fingerprint density at radius 1 is 1.18 bits per heavy atom. The lowest BCUT2D eigenvalue weighted by Gasteiger charge is -2.08. The van der Waals surface area contributed by atoms with E-state index in [-0.39, 0.29) is 0 Å². The van der Waals surface area contributed by atoms with Crippen LogP contribution in [0.3, 0.4) is 0 Å². The first-order valence-electron chi connectivity index (χ1n) is 7.61. The molecule has 1 aromatic carbocycles. The van der Waals surface area contributed by atoms with Crippen LogP contribution in [-0.2, 0) is 6.54 Å². The zero-order valence-corrected chi connectivity index (χ0v) is 13.8. The largest absolute Gasteiger partial charge is 0.370 e. The van der Waals surface area contributed by atoms with E-state index in [2.05, 4.69) is 54.4 Å². The third-order valence-corrected chi connectivity index (χ3v) is 3.69. The molecule has 2 aromatic rings. The molecule has 0 aliphatic rings. The Hall–Kier alpha value is -2.30. The van der Waals surface area contributed by atoms with Gasteiger partial charge in [0.05, 0.1) is 5.69 Å². The van der Waals surface area contributed by atoms with E-state index in [9.17, 15) is 0 Å². The smallest absolute Gasteiger partial charge is 0.193 e. The van der Waals surface area contributed by atoms with Gasteiger partial charge in [-0.3, -0.25) is 9.67 Å². The van der Waals surface area contributed by atoms with Gasteiger partial charge in [-0.1, -0.05) is 6.07 Å². The number of nitrogens with one attached hydrogen (secondary N) is 1. The Morgan fingerprint density at radius 3 is 2.59 bits per heavy atom. The molecule has 0 amide bonds. The molecule has 22 heavy (non-hydrogen) atoms. The van der Waals surface area contributed by atoms with E-state index >= 15 is 0 Å². The number of aliphatic imine (C=N–C) groups is 1. The molecule has 0 saturated heterocycles. The Labute approximate surface area is 132 Å². The zero-order valence-electron chi connectivity index (χ0n) is 13.8. The highest BCUT2D eigenvalue weighted by molar-refractivity contribution is 5.92. The van der Waals surface area contributed by atoms with Crippen molar-refractivity contribution < 1.29 is 0 Å². The molecule has 0 saturated carbocycles. The van der Waals surface area contributed by atoms with Gasteiger partial charge in [0.25, 0.3) is 0 Å². The van der Waals surface area contributed by atoms with Crippen LogP contribution in [0.1, 0.15) is 28.9 Å². The van der Waals surface area contributed by atoms with Gasteiger partial charge >= 0.3 is 0 Å². The maximum atomic E-state index is 5.92. The number of nitrogens with two attached hydrogens (primary N) is 1. The van der Waals surface area contributed by atoms with Crippen molar-refractivity contribution in [2.75, 3.05) is 11.9 Å². The van der Waals surface area contributed by atoms with Crippen LogP contribution in [0.4, 0.5) is 5.69 Å². The number of hydrogen-bond acceptors (Lipinski definition) is 2. The Balaban J connectivity index is 1.82. The number of aryl methyl sites for hydroxylation is 5. The highest BCUT2D eigenvalue weighted by atomic mass is 15.3. The van der Waals surface area contributed by atoms with Crippen LogP contribution in [0, 0.1) is 27.7 Å². The number of benzene rings is 1. The Morgan fingerprint density at radius 2 is 1.95 bits per heavy atom. The van der Waals surface area contributed by atoms with E-state index in [1.807, 2.05) is 17.7 Å². The summed E-state index contributed by atoms with van der Waals surface area (Å²) in [5.41, 5.74) is 11.6. The van der Waals surface area contributed by atoms with Crippen LogP contribution in [0.15, 0.2) is 29.3 Å². The number of guanidine groups is 1. The summed E-state index contributed by atoms with van der Waals surface area (Å²) in [5.74, 6) is 0.455. The number of aromatic nitrogens is 2. The summed E-state index contributed by atoms with van der Waals surface area (Å²) in [6.07, 6.45) is 0.914. The van der Waals surface area contributed by atoms with Gasteiger partial charge in [-0.2, -0.15) is 5.10 Å². The molecule has 5 nitrogen and oxygen atoms in total. The van der Waals surface area contributed by atoms with Crippen LogP contribution < -0.4 is 11.1 Å². The molecule has 0 aliphatic heterocycles. The SMILES string of the molecule is Cc1cc(C)n(CCCN=C(N)Nc2ccc(C)c(C)c2)n1. The van der Waals surface area contributed by atoms with E-state index in [4.69, 9.17) is 5.73 Å². The van der Waals surface area contributed by atoms with Crippen molar-refractivity contribution in [1.82, 2.24) is 9.78 Å². The second-order valence-electron chi connectivity index (χ2n) is 5.69. The lowest BCUT2D eigenvalue weighted by Crippen LogP contribution is -2.23. The predicted molar refractivity (Wildman–Crippen MR) is 92.3 cm³/mol. The van der Waals surface area contributed by atoms with Crippen LogP contribution in [-0.4, -0.2) is 22.3 Å². The fourth-order valence-electron chi connectivity index (χ4n) is 2.33. The molecule has 0 aliphatic carbocycles. The number of hydrogen-bond donors (Lipinski definition) is 2. The molecule has 1 aromatic heterocycles. The van der Waals surface area contributed by atoms with Gasteiger partial charge in [-0.05, 0) is 63.4 Å². The van der Waals surface area contributed by atoms with Gasteiger partial charge < -0.3 is 11.1 Å². The minimum absolute atomic E-state index is 0.455. The van der Waals surface area contributed by atoms with Gasteiger partial charge in [-0.15, -0.1) is 0 Å². The molecule has 0 atom stereocenters. The summed E-state index contributed by atoms with van der Waals surface area (Å²) in [6, 6.07) is 8.25. The molecule has 0 radical (unpaired) electrons. The van der Waals surface area contributed by atoms with Crippen molar-refractivity contribution in [3.05, 3.63) is 46.8 Å². The van der Waals surface area contributed by atoms with Crippen molar-refractivity contribution in [3.8, 4) is 0 Å². The van der Waals surface area contributed by atoms with Gasteiger partial charge in [-0.25, -0.2) is 0 Å². The quantitative estimate of drug-likeness (QED) is 0.507. The lowest BCUT2D eigenvalue weighted by atomic mass is 10.1. The molecule has 0 bridgehead atoms. The molecule has 5 heteroatoms. The Bertz CT molecular complexity index is 670. The normalized spacial score (nSPS) is 11.7. The van der Waals surface area contributed by atoms with Crippen molar-refractivity contribution in [3.63, 3.8) is 0 Å². The number of nitrogens with zero attached hydrogens (tertiary/aromatic N) is 3. The average molecular weight is 299 g/mol. The molecular formula is C17H25N5. The van der Waals surface area contributed by atoms with Gasteiger partial charge in [0, 0.05) is 24.5 Å². The molecule has 3 N–H and O–H groups in total. The Kier molecular flexibility index (Phi) is 5.20. The fraction of sp³-hybridized carbons (Fsp3) is 0.412. The summed E-state index contributed by atoms with van der Waals surface area (Å²) in [7, 11) is 0. The predicted octanol–water partition coefficient (Wildman–Crippen LogP) is 2.93. The van der Waals surface area contributed by atoms with Gasteiger partial charge in [0.2, 0.25) is 0 Å². The van der Waals surface area contributed by atoms with Crippen LogP contribution in [0.5, 0.6) is 0 Å². The lowest BCUT2D eigenvalue weighted by molar-refractivity contribution is 0.568. The second-order valence-corrected chi connectivity index (χ2v) is 5.69. The minimum atomic E-state index is 0.455. The van der Waals surface area contributed by atoms with E-state index in [0.29, 0.717) is 12.5 Å². The summed E-state index contributed by atoms with van der Waals surface area (Å²) in [6.45, 7) is 9.80. The third-order valence-electron chi connectivity index (χ3n) is 3.69. The van der Waals surface area contributed by atoms with Crippen LogP contribution in [0.2, 0.25) is 0 Å². The van der Waals surface area contributed by atoms with Crippen molar-refractivity contribution in [2.24, 2.45) is 10.7 Å². The van der Waals surface area contributed by atoms with E-state index in [1.54, 1.807) is 0 Å². The summed E-state index contributed by atoms with van der Waals surface area (Å²) >= 11 is 0. The van der Waals surface area contributed by atoms with E-state index < -0.39 is 0 Å². The highest BCUT2D eigenvalue weighted by Crippen LogP contribution is 2.13. The summed E-state index contributed by atoms with van der Waals surface area (Å²) in [4.78, 5) is 4.37. The first-order valence-corrected chi connectivity index (χ1v) is 7.61.